The zero-order valence-electron chi connectivity index (χ0n) is 17.2. The van der Waals surface area contributed by atoms with Crippen LogP contribution >= 0.6 is 0 Å². The minimum atomic E-state index is -0.568. The highest BCUT2D eigenvalue weighted by Crippen LogP contribution is 2.29. The van der Waals surface area contributed by atoms with Crippen LogP contribution in [0.15, 0.2) is 54.6 Å². The van der Waals surface area contributed by atoms with Gasteiger partial charge in [-0.25, -0.2) is 0 Å². The number of nitrogens with zero attached hydrogens (tertiary/aromatic N) is 1. The summed E-state index contributed by atoms with van der Waals surface area (Å²) in [5.41, 5.74) is 1.59. The minimum Gasteiger partial charge on any atom is -0.494 e. The summed E-state index contributed by atoms with van der Waals surface area (Å²) in [7, 11) is 0. The molecule has 7 heteroatoms. The number of ether oxygens (including phenoxy) is 2. The van der Waals surface area contributed by atoms with Gasteiger partial charge in [-0.05, 0) is 43.7 Å². The van der Waals surface area contributed by atoms with Gasteiger partial charge in [-0.2, -0.15) is 0 Å². The van der Waals surface area contributed by atoms with Crippen molar-refractivity contribution in [3.8, 4) is 5.75 Å². The molecular weight excluding hydrogens is 384 g/mol. The predicted octanol–water partition coefficient (Wildman–Crippen LogP) is 3.18. The first-order valence-electron chi connectivity index (χ1n) is 10.0. The molecule has 1 fully saturated rings. The molecule has 2 aromatic rings. The lowest BCUT2D eigenvalue weighted by atomic mass is 10.1. The number of anilines is 1. The van der Waals surface area contributed by atoms with E-state index in [0.717, 1.165) is 5.56 Å². The molecule has 1 N–H and O–H groups in total. The largest absolute Gasteiger partial charge is 0.494 e. The third-order valence-corrected chi connectivity index (χ3v) is 5.04. The molecule has 0 saturated carbocycles. The average molecular weight is 410 g/mol. The molecule has 2 amide bonds. The third kappa shape index (κ3) is 5.37. The normalized spacial score (nSPS) is 16.8. The van der Waals surface area contributed by atoms with E-state index in [2.05, 4.69) is 5.32 Å². The number of carbonyl (C=O) groups excluding carboxylic acids is 3. The summed E-state index contributed by atoms with van der Waals surface area (Å²) >= 11 is 0. The first kappa shape index (κ1) is 21.4. The summed E-state index contributed by atoms with van der Waals surface area (Å²) in [6.45, 7) is 4.28. The standard InChI is InChI=1S/C23H26N2O5/c1-3-29-20-11-9-19(10-12-20)24-21(26)15-30-23(28)18-13-22(27)25(14-18)16(2)17-7-5-4-6-8-17/h4-12,16,18H,3,13-15H2,1-2H3,(H,24,26)/t16-,18+/m1/s1. The van der Waals surface area contributed by atoms with Gasteiger partial charge in [0.25, 0.3) is 5.91 Å². The van der Waals surface area contributed by atoms with Crippen LogP contribution in [0.25, 0.3) is 0 Å². The maximum Gasteiger partial charge on any atom is 0.311 e. The summed E-state index contributed by atoms with van der Waals surface area (Å²) < 4.78 is 10.5. The third-order valence-electron chi connectivity index (χ3n) is 5.04. The van der Waals surface area contributed by atoms with Crippen molar-refractivity contribution in [2.24, 2.45) is 5.92 Å². The zero-order valence-corrected chi connectivity index (χ0v) is 17.2. The van der Waals surface area contributed by atoms with E-state index < -0.39 is 24.4 Å². The number of hydrogen-bond acceptors (Lipinski definition) is 5. The number of nitrogens with one attached hydrogen (secondary N) is 1. The lowest BCUT2D eigenvalue weighted by molar-refractivity contribution is -0.151. The molecule has 1 saturated heterocycles. The van der Waals surface area contributed by atoms with Gasteiger partial charge in [0, 0.05) is 18.7 Å². The lowest BCUT2D eigenvalue weighted by Gasteiger charge is -2.25. The second kappa shape index (κ2) is 9.91. The monoisotopic (exact) mass is 410 g/mol. The molecule has 1 aliphatic heterocycles. The summed E-state index contributed by atoms with van der Waals surface area (Å²) in [5, 5.41) is 2.67. The van der Waals surface area contributed by atoms with Gasteiger partial charge in [0.1, 0.15) is 5.75 Å². The van der Waals surface area contributed by atoms with Gasteiger partial charge in [-0.15, -0.1) is 0 Å². The lowest BCUT2D eigenvalue weighted by Crippen LogP contribution is -2.30. The molecule has 2 aromatic carbocycles. The SMILES string of the molecule is CCOc1ccc(NC(=O)COC(=O)[C@H]2CC(=O)N([C@H](C)c3ccccc3)C2)cc1. The highest BCUT2D eigenvalue weighted by Gasteiger charge is 2.38. The van der Waals surface area contributed by atoms with Crippen LogP contribution in [-0.4, -0.2) is 42.4 Å². The number of benzene rings is 2. The Morgan fingerprint density at radius 3 is 2.50 bits per heavy atom. The van der Waals surface area contributed by atoms with Gasteiger partial charge in [0.2, 0.25) is 5.91 Å². The van der Waals surface area contributed by atoms with E-state index in [1.54, 1.807) is 29.2 Å². The number of rotatable bonds is 8. The molecule has 1 aliphatic rings. The highest BCUT2D eigenvalue weighted by atomic mass is 16.5. The van der Waals surface area contributed by atoms with Crippen LogP contribution < -0.4 is 10.1 Å². The smallest absolute Gasteiger partial charge is 0.311 e. The molecule has 158 valence electrons. The van der Waals surface area contributed by atoms with Gasteiger partial charge in [-0.3, -0.25) is 14.4 Å². The van der Waals surface area contributed by atoms with Crippen LogP contribution in [0.5, 0.6) is 5.75 Å². The molecule has 7 nitrogen and oxygen atoms in total. The van der Waals surface area contributed by atoms with E-state index in [0.29, 0.717) is 18.0 Å². The van der Waals surface area contributed by atoms with Crippen molar-refractivity contribution in [2.45, 2.75) is 26.3 Å². The van der Waals surface area contributed by atoms with E-state index in [-0.39, 0.29) is 24.9 Å². The van der Waals surface area contributed by atoms with Crippen LogP contribution in [0.2, 0.25) is 0 Å². The molecule has 3 rings (SSSR count). The van der Waals surface area contributed by atoms with E-state index in [4.69, 9.17) is 9.47 Å². The van der Waals surface area contributed by atoms with E-state index in [1.165, 1.54) is 0 Å². The van der Waals surface area contributed by atoms with Crippen LogP contribution in [0, 0.1) is 5.92 Å². The van der Waals surface area contributed by atoms with Gasteiger partial charge in [0.15, 0.2) is 6.61 Å². The van der Waals surface area contributed by atoms with E-state index in [1.807, 2.05) is 44.2 Å². The fourth-order valence-electron chi connectivity index (χ4n) is 3.43. The Bertz CT molecular complexity index is 882. The van der Waals surface area contributed by atoms with Crippen LogP contribution in [-0.2, 0) is 19.1 Å². The van der Waals surface area contributed by atoms with Gasteiger partial charge < -0.3 is 19.7 Å². The van der Waals surface area contributed by atoms with Crippen molar-refractivity contribution in [3.05, 3.63) is 60.2 Å². The fourth-order valence-corrected chi connectivity index (χ4v) is 3.43. The van der Waals surface area contributed by atoms with Crippen LogP contribution in [0.1, 0.15) is 31.9 Å². The Labute approximate surface area is 176 Å². The van der Waals surface area contributed by atoms with Crippen molar-refractivity contribution < 1.29 is 23.9 Å². The molecule has 0 radical (unpaired) electrons. The molecule has 0 aromatic heterocycles. The van der Waals surface area contributed by atoms with Gasteiger partial charge in [0.05, 0.1) is 18.6 Å². The Balaban J connectivity index is 1.47. The molecule has 1 heterocycles. The summed E-state index contributed by atoms with van der Waals surface area (Å²) in [5.74, 6) is -0.921. The molecule has 2 atom stereocenters. The van der Waals surface area contributed by atoms with Crippen molar-refractivity contribution in [1.29, 1.82) is 0 Å². The summed E-state index contributed by atoms with van der Waals surface area (Å²) in [4.78, 5) is 38.5. The maximum atomic E-state index is 12.4. The Hall–Kier alpha value is -3.35. The summed E-state index contributed by atoms with van der Waals surface area (Å²) in [6.07, 6.45) is 0.0938. The molecular formula is C23H26N2O5. The zero-order chi connectivity index (χ0) is 21.5. The topological polar surface area (TPSA) is 84.9 Å². The second-order valence-corrected chi connectivity index (χ2v) is 7.15. The van der Waals surface area contributed by atoms with Crippen molar-refractivity contribution in [3.63, 3.8) is 0 Å². The average Bonchev–Trinajstić information content (AvgIpc) is 3.15. The molecule has 30 heavy (non-hydrogen) atoms. The first-order valence-corrected chi connectivity index (χ1v) is 10.0. The number of esters is 1. The Kier molecular flexibility index (Phi) is 7.06. The fraction of sp³-hybridized carbons (Fsp3) is 0.348. The highest BCUT2D eigenvalue weighted by molar-refractivity contribution is 5.93. The number of likely N-dealkylation sites (tertiary alicyclic amines) is 1. The predicted molar refractivity (Wildman–Crippen MR) is 112 cm³/mol. The maximum absolute atomic E-state index is 12.4. The van der Waals surface area contributed by atoms with Crippen LogP contribution in [0.3, 0.4) is 0 Å². The molecule has 0 aliphatic carbocycles. The molecule has 0 spiro atoms. The van der Waals surface area contributed by atoms with Crippen LogP contribution in [0.4, 0.5) is 5.69 Å². The van der Waals surface area contributed by atoms with Gasteiger partial charge >= 0.3 is 5.97 Å². The molecule has 0 bridgehead atoms. The number of carbonyl (C=O) groups is 3. The minimum absolute atomic E-state index is 0.0906. The second-order valence-electron chi connectivity index (χ2n) is 7.15. The van der Waals surface area contributed by atoms with Gasteiger partial charge in [-0.1, -0.05) is 30.3 Å². The number of hydrogen-bond donors (Lipinski definition) is 1. The van der Waals surface area contributed by atoms with Crippen molar-refractivity contribution >= 4 is 23.5 Å². The Morgan fingerprint density at radius 2 is 1.83 bits per heavy atom. The number of amides is 2. The van der Waals surface area contributed by atoms with Crippen molar-refractivity contribution in [2.75, 3.05) is 25.1 Å². The van der Waals surface area contributed by atoms with E-state index in [9.17, 15) is 14.4 Å². The quantitative estimate of drug-likeness (QED) is 0.676. The molecule has 0 unspecified atom stereocenters. The summed E-state index contributed by atoms with van der Waals surface area (Å²) in [6, 6.07) is 16.5. The Morgan fingerprint density at radius 1 is 1.13 bits per heavy atom. The van der Waals surface area contributed by atoms with E-state index >= 15 is 0 Å². The van der Waals surface area contributed by atoms with Crippen molar-refractivity contribution in [1.82, 2.24) is 4.90 Å². The first-order chi connectivity index (χ1) is 14.5.